The minimum absolute atomic E-state index is 0.0551. The summed E-state index contributed by atoms with van der Waals surface area (Å²) >= 11 is 0. The Hall–Kier alpha value is -2.47. The highest BCUT2D eigenvalue weighted by Gasteiger charge is 2.19. The third-order valence-corrected chi connectivity index (χ3v) is 2.88. The molecule has 2 rings (SSSR count). The van der Waals surface area contributed by atoms with E-state index in [1.807, 2.05) is 6.92 Å². The van der Waals surface area contributed by atoms with Gasteiger partial charge in [0, 0.05) is 23.9 Å². The molecule has 0 aliphatic heterocycles. The van der Waals surface area contributed by atoms with Crippen molar-refractivity contribution >= 4 is 5.69 Å². The van der Waals surface area contributed by atoms with Crippen molar-refractivity contribution in [2.45, 2.75) is 19.9 Å². The Morgan fingerprint density at radius 3 is 2.80 bits per heavy atom. The second kappa shape index (κ2) is 5.66. The van der Waals surface area contributed by atoms with Crippen LogP contribution in [-0.4, -0.2) is 9.91 Å². The average molecular weight is 273 g/mol. The number of nitro benzene ring substituents is 1. The fraction of sp³-hybridized carbons (Fsp3) is 0.214. The van der Waals surface area contributed by atoms with E-state index in [1.54, 1.807) is 43.5 Å². The zero-order chi connectivity index (χ0) is 14.7. The fourth-order valence-electron chi connectivity index (χ4n) is 1.82. The van der Waals surface area contributed by atoms with E-state index >= 15 is 0 Å². The van der Waals surface area contributed by atoms with Crippen molar-refractivity contribution in [2.75, 3.05) is 0 Å². The lowest BCUT2D eigenvalue weighted by Crippen LogP contribution is -2.05. The molecule has 104 valence electrons. The first-order valence-electron chi connectivity index (χ1n) is 6.12. The largest absolute Gasteiger partial charge is 0.432 e. The van der Waals surface area contributed by atoms with Crippen LogP contribution in [-0.2, 0) is 0 Å². The van der Waals surface area contributed by atoms with Gasteiger partial charge in [0.2, 0.25) is 11.6 Å². The number of para-hydroxylation sites is 1. The number of hydrogen-bond donors (Lipinski definition) is 1. The van der Waals surface area contributed by atoms with Crippen molar-refractivity contribution in [1.29, 1.82) is 0 Å². The number of hydrogen-bond acceptors (Lipinski definition) is 5. The van der Waals surface area contributed by atoms with Gasteiger partial charge < -0.3 is 10.5 Å². The molecule has 1 heterocycles. The molecule has 0 aliphatic carbocycles. The van der Waals surface area contributed by atoms with Crippen LogP contribution in [0.25, 0.3) is 0 Å². The molecule has 20 heavy (non-hydrogen) atoms. The molecule has 0 radical (unpaired) electrons. The van der Waals surface area contributed by atoms with Crippen LogP contribution in [0.1, 0.15) is 24.1 Å². The van der Waals surface area contributed by atoms with Gasteiger partial charge in [-0.3, -0.25) is 10.1 Å². The van der Waals surface area contributed by atoms with Crippen LogP contribution in [0.4, 0.5) is 5.69 Å². The molecule has 0 amide bonds. The molecule has 6 heteroatoms. The summed E-state index contributed by atoms with van der Waals surface area (Å²) in [7, 11) is 0. The minimum Gasteiger partial charge on any atom is -0.432 e. The smallest absolute Gasteiger partial charge is 0.314 e. The van der Waals surface area contributed by atoms with Gasteiger partial charge in [-0.15, -0.1) is 0 Å². The molecule has 0 bridgehead atoms. The highest BCUT2D eigenvalue weighted by Crippen LogP contribution is 2.33. The van der Waals surface area contributed by atoms with Gasteiger partial charge >= 0.3 is 5.69 Å². The van der Waals surface area contributed by atoms with Crippen LogP contribution in [0.2, 0.25) is 0 Å². The van der Waals surface area contributed by atoms with Crippen LogP contribution in [0.5, 0.6) is 11.6 Å². The summed E-state index contributed by atoms with van der Waals surface area (Å²) < 4.78 is 5.53. The van der Waals surface area contributed by atoms with Gasteiger partial charge in [0.25, 0.3) is 0 Å². The normalized spacial score (nSPS) is 11.9. The Kier molecular flexibility index (Phi) is 3.95. The molecular formula is C14H15N3O3. The second-order valence-corrected chi connectivity index (χ2v) is 4.50. The highest BCUT2D eigenvalue weighted by molar-refractivity contribution is 5.53. The van der Waals surface area contributed by atoms with E-state index in [9.17, 15) is 10.1 Å². The first-order chi connectivity index (χ1) is 9.49. The molecule has 1 aromatic heterocycles. The maximum absolute atomic E-state index is 11.1. The van der Waals surface area contributed by atoms with Crippen molar-refractivity contribution in [1.82, 2.24) is 4.98 Å². The number of nitro groups is 1. The zero-order valence-corrected chi connectivity index (χ0v) is 11.2. The molecule has 6 nitrogen and oxygen atoms in total. The van der Waals surface area contributed by atoms with Gasteiger partial charge in [0.15, 0.2) is 0 Å². The Bertz CT molecular complexity index is 641. The molecule has 0 fully saturated rings. The van der Waals surface area contributed by atoms with E-state index in [4.69, 9.17) is 10.5 Å². The second-order valence-electron chi connectivity index (χ2n) is 4.50. The van der Waals surface area contributed by atoms with Crippen LogP contribution in [0.15, 0.2) is 36.5 Å². The molecule has 1 atom stereocenters. The third kappa shape index (κ3) is 2.92. The highest BCUT2D eigenvalue weighted by atomic mass is 16.6. The quantitative estimate of drug-likeness (QED) is 0.682. The van der Waals surface area contributed by atoms with Crippen LogP contribution in [0.3, 0.4) is 0 Å². The maximum atomic E-state index is 11.1. The van der Waals surface area contributed by atoms with E-state index in [0.717, 1.165) is 5.56 Å². The van der Waals surface area contributed by atoms with Gasteiger partial charge in [0.1, 0.15) is 0 Å². The predicted octanol–water partition coefficient (Wildman–Crippen LogP) is 3.11. The monoisotopic (exact) mass is 273 g/mol. The molecule has 0 aliphatic rings. The number of aromatic nitrogens is 1. The lowest BCUT2D eigenvalue weighted by atomic mass is 10.1. The molecule has 0 saturated carbocycles. The van der Waals surface area contributed by atoms with Gasteiger partial charge in [-0.2, -0.15) is 0 Å². The van der Waals surface area contributed by atoms with E-state index in [1.165, 1.54) is 0 Å². The topological polar surface area (TPSA) is 91.3 Å². The minimum atomic E-state index is -0.458. The van der Waals surface area contributed by atoms with E-state index in [2.05, 4.69) is 4.98 Å². The molecule has 0 unspecified atom stereocenters. The number of nitrogens with zero attached hydrogens (tertiary/aromatic N) is 2. The predicted molar refractivity (Wildman–Crippen MR) is 74.7 cm³/mol. The zero-order valence-electron chi connectivity index (χ0n) is 11.2. The van der Waals surface area contributed by atoms with E-state index in [0.29, 0.717) is 5.56 Å². The number of nitrogens with two attached hydrogens (primary N) is 1. The summed E-state index contributed by atoms with van der Waals surface area (Å²) in [6.07, 6.45) is 1.57. The Balaban J connectivity index is 2.38. The van der Waals surface area contributed by atoms with Crippen molar-refractivity contribution in [2.24, 2.45) is 5.73 Å². The SMILES string of the molecule is Cc1cccc(Oc2cc([C@@H](C)N)ccn2)c1[N+](=O)[O-]. The van der Waals surface area contributed by atoms with Crippen LogP contribution < -0.4 is 10.5 Å². The average Bonchev–Trinajstić information content (AvgIpc) is 2.38. The summed E-state index contributed by atoms with van der Waals surface area (Å²) in [4.78, 5) is 14.7. The molecule has 1 aromatic carbocycles. The van der Waals surface area contributed by atoms with Crippen LogP contribution >= 0.6 is 0 Å². The lowest BCUT2D eigenvalue weighted by molar-refractivity contribution is -0.386. The van der Waals surface area contributed by atoms with E-state index < -0.39 is 4.92 Å². The molecule has 0 spiro atoms. The first-order valence-corrected chi connectivity index (χ1v) is 6.12. The molecule has 0 saturated heterocycles. The first kappa shape index (κ1) is 14.0. The number of pyridine rings is 1. The number of benzene rings is 1. The van der Waals surface area contributed by atoms with Crippen molar-refractivity contribution in [3.63, 3.8) is 0 Å². The summed E-state index contributed by atoms with van der Waals surface area (Å²) in [5.74, 6) is 0.456. The number of ether oxygens (including phenoxy) is 1. The number of aryl methyl sites for hydroxylation is 1. The summed E-state index contributed by atoms with van der Waals surface area (Å²) in [5, 5.41) is 11.1. The van der Waals surface area contributed by atoms with Gasteiger partial charge in [0.05, 0.1) is 4.92 Å². The van der Waals surface area contributed by atoms with Gasteiger partial charge in [-0.25, -0.2) is 4.98 Å². The Morgan fingerprint density at radius 2 is 2.15 bits per heavy atom. The van der Waals surface area contributed by atoms with Crippen molar-refractivity contribution in [3.8, 4) is 11.6 Å². The Morgan fingerprint density at radius 1 is 1.40 bits per heavy atom. The molecule has 2 N–H and O–H groups in total. The summed E-state index contributed by atoms with van der Waals surface area (Å²) in [6, 6.07) is 8.21. The van der Waals surface area contributed by atoms with Crippen molar-refractivity contribution in [3.05, 3.63) is 57.8 Å². The van der Waals surface area contributed by atoms with Crippen molar-refractivity contribution < 1.29 is 9.66 Å². The Labute approximate surface area is 116 Å². The van der Waals surface area contributed by atoms with Gasteiger partial charge in [-0.1, -0.05) is 12.1 Å². The molecular weight excluding hydrogens is 258 g/mol. The lowest BCUT2D eigenvalue weighted by Gasteiger charge is -2.09. The van der Waals surface area contributed by atoms with E-state index in [-0.39, 0.29) is 23.4 Å². The van der Waals surface area contributed by atoms with Crippen LogP contribution in [0, 0.1) is 17.0 Å². The summed E-state index contributed by atoms with van der Waals surface area (Å²) in [5.41, 5.74) is 7.12. The maximum Gasteiger partial charge on any atom is 0.314 e. The van der Waals surface area contributed by atoms with Gasteiger partial charge in [-0.05, 0) is 31.5 Å². The summed E-state index contributed by atoms with van der Waals surface area (Å²) in [6.45, 7) is 3.50. The standard InChI is InChI=1S/C14H15N3O3/c1-9-4-3-5-12(14(9)17(18)19)20-13-8-11(10(2)15)6-7-16-13/h3-8,10H,15H2,1-2H3/t10-/m1/s1. The molecule has 2 aromatic rings. The number of rotatable bonds is 4. The fourth-order valence-corrected chi connectivity index (χ4v) is 1.82. The third-order valence-electron chi connectivity index (χ3n) is 2.88.